The van der Waals surface area contributed by atoms with Crippen LogP contribution in [-0.2, 0) is 6.61 Å². The monoisotopic (exact) mass is 257 g/mol. The Morgan fingerprint density at radius 3 is 2.59 bits per heavy atom. The Labute approximate surface area is 108 Å². The molecule has 0 amide bonds. The van der Waals surface area contributed by atoms with Gasteiger partial charge in [0.2, 0.25) is 0 Å². The number of anilines is 1. The van der Waals surface area contributed by atoms with Gasteiger partial charge in [-0.1, -0.05) is 11.6 Å². The quantitative estimate of drug-likeness (QED) is 0.738. The van der Waals surface area contributed by atoms with Crippen molar-refractivity contribution in [1.29, 1.82) is 0 Å². The van der Waals surface area contributed by atoms with Crippen molar-refractivity contribution in [2.45, 2.75) is 25.9 Å². The van der Waals surface area contributed by atoms with Crippen LogP contribution in [0.5, 0.6) is 0 Å². The maximum absolute atomic E-state index is 9.28. The van der Waals surface area contributed by atoms with E-state index in [-0.39, 0.29) is 13.2 Å². The van der Waals surface area contributed by atoms with Crippen LogP contribution in [0.1, 0.15) is 24.8 Å². The van der Waals surface area contributed by atoms with E-state index in [0.717, 1.165) is 37.1 Å². The highest BCUT2D eigenvalue weighted by molar-refractivity contribution is 6.30. The van der Waals surface area contributed by atoms with Crippen LogP contribution in [0.4, 0.5) is 5.69 Å². The summed E-state index contributed by atoms with van der Waals surface area (Å²) >= 11 is 5.89. The van der Waals surface area contributed by atoms with Crippen LogP contribution in [0, 0.1) is 0 Å². The van der Waals surface area contributed by atoms with Gasteiger partial charge in [0.05, 0.1) is 6.61 Å². The number of unbranched alkanes of at least 4 members (excludes halogenated alkanes) is 2. The molecule has 0 bridgehead atoms. The highest BCUT2D eigenvalue weighted by atomic mass is 35.5. The summed E-state index contributed by atoms with van der Waals surface area (Å²) in [4.78, 5) is 2.11. The fraction of sp³-hybridized carbons (Fsp3) is 0.538. The summed E-state index contributed by atoms with van der Waals surface area (Å²) in [6.45, 7) is 1.16. The van der Waals surface area contributed by atoms with Gasteiger partial charge in [-0.25, -0.2) is 0 Å². The Morgan fingerprint density at radius 1 is 1.18 bits per heavy atom. The number of halogens is 1. The lowest BCUT2D eigenvalue weighted by Gasteiger charge is -2.22. The molecule has 1 aromatic rings. The van der Waals surface area contributed by atoms with Crippen LogP contribution >= 0.6 is 11.6 Å². The molecule has 96 valence electrons. The van der Waals surface area contributed by atoms with Crippen LogP contribution in [0.15, 0.2) is 18.2 Å². The smallest absolute Gasteiger partial charge is 0.0702 e. The van der Waals surface area contributed by atoms with Crippen LogP contribution in [-0.4, -0.2) is 30.4 Å². The standard InChI is InChI=1S/C13H20ClNO2/c1-15(7-3-2-4-8-16)13-6-5-12(14)9-11(13)10-17/h5-6,9,16-17H,2-4,7-8,10H2,1H3. The fourth-order valence-electron chi connectivity index (χ4n) is 1.81. The summed E-state index contributed by atoms with van der Waals surface area (Å²) in [5.74, 6) is 0. The average Bonchev–Trinajstić information content (AvgIpc) is 2.34. The lowest BCUT2D eigenvalue weighted by molar-refractivity contribution is 0.281. The number of aliphatic hydroxyl groups excluding tert-OH is 2. The van der Waals surface area contributed by atoms with Gasteiger partial charge in [-0.3, -0.25) is 0 Å². The van der Waals surface area contributed by atoms with Gasteiger partial charge in [0.15, 0.2) is 0 Å². The normalized spacial score (nSPS) is 10.6. The summed E-state index contributed by atoms with van der Waals surface area (Å²) in [6.07, 6.45) is 2.90. The molecular formula is C13H20ClNO2. The van der Waals surface area contributed by atoms with Crippen molar-refractivity contribution in [1.82, 2.24) is 0 Å². The second kappa shape index (κ2) is 7.54. The minimum Gasteiger partial charge on any atom is -0.396 e. The molecule has 0 aliphatic rings. The predicted molar refractivity (Wildman–Crippen MR) is 71.6 cm³/mol. The van der Waals surface area contributed by atoms with Crippen LogP contribution in [0.25, 0.3) is 0 Å². The van der Waals surface area contributed by atoms with E-state index < -0.39 is 0 Å². The molecule has 3 nitrogen and oxygen atoms in total. The first-order valence-electron chi connectivity index (χ1n) is 5.90. The van der Waals surface area contributed by atoms with Gasteiger partial charge in [0.1, 0.15) is 0 Å². The molecule has 0 atom stereocenters. The van der Waals surface area contributed by atoms with E-state index in [2.05, 4.69) is 4.90 Å². The third-order valence-corrected chi connectivity index (χ3v) is 3.01. The van der Waals surface area contributed by atoms with E-state index in [1.54, 1.807) is 6.07 Å². The fourth-order valence-corrected chi connectivity index (χ4v) is 2.01. The van der Waals surface area contributed by atoms with Crippen molar-refractivity contribution >= 4 is 17.3 Å². The van der Waals surface area contributed by atoms with Crippen molar-refractivity contribution in [2.75, 3.05) is 25.1 Å². The van der Waals surface area contributed by atoms with Crippen LogP contribution in [0.2, 0.25) is 5.02 Å². The first kappa shape index (κ1) is 14.3. The first-order valence-corrected chi connectivity index (χ1v) is 6.28. The van der Waals surface area contributed by atoms with E-state index >= 15 is 0 Å². The van der Waals surface area contributed by atoms with Crippen LogP contribution in [0.3, 0.4) is 0 Å². The molecule has 0 aromatic heterocycles. The molecule has 0 unspecified atom stereocenters. The Balaban J connectivity index is 2.58. The molecule has 2 N–H and O–H groups in total. The second-order valence-electron chi connectivity index (χ2n) is 4.14. The van der Waals surface area contributed by atoms with E-state index in [0.29, 0.717) is 5.02 Å². The van der Waals surface area contributed by atoms with E-state index in [1.807, 2.05) is 19.2 Å². The van der Waals surface area contributed by atoms with Crippen molar-refractivity contribution < 1.29 is 10.2 Å². The topological polar surface area (TPSA) is 43.7 Å². The number of hydrogen-bond donors (Lipinski definition) is 2. The SMILES string of the molecule is CN(CCCCCO)c1ccc(Cl)cc1CO. The number of benzene rings is 1. The van der Waals surface area contributed by atoms with Gasteiger partial charge in [-0.05, 0) is 37.5 Å². The lowest BCUT2D eigenvalue weighted by atomic mass is 10.1. The van der Waals surface area contributed by atoms with Gasteiger partial charge in [-0.15, -0.1) is 0 Å². The van der Waals surface area contributed by atoms with Gasteiger partial charge in [-0.2, -0.15) is 0 Å². The van der Waals surface area contributed by atoms with Crippen molar-refractivity contribution in [3.05, 3.63) is 28.8 Å². The maximum atomic E-state index is 9.28. The molecule has 0 aliphatic heterocycles. The Morgan fingerprint density at radius 2 is 1.94 bits per heavy atom. The number of nitrogens with zero attached hydrogens (tertiary/aromatic N) is 1. The van der Waals surface area contributed by atoms with Gasteiger partial charge >= 0.3 is 0 Å². The molecular weight excluding hydrogens is 238 g/mol. The molecule has 1 rings (SSSR count). The third kappa shape index (κ3) is 4.54. The van der Waals surface area contributed by atoms with E-state index in [4.69, 9.17) is 16.7 Å². The molecule has 0 spiro atoms. The number of aliphatic hydroxyl groups is 2. The predicted octanol–water partition coefficient (Wildman–Crippen LogP) is 2.43. The van der Waals surface area contributed by atoms with Crippen molar-refractivity contribution in [3.63, 3.8) is 0 Å². The summed E-state index contributed by atoms with van der Waals surface area (Å²) in [5, 5.41) is 18.6. The maximum Gasteiger partial charge on any atom is 0.0702 e. The summed E-state index contributed by atoms with van der Waals surface area (Å²) in [7, 11) is 2.00. The number of hydrogen-bond acceptors (Lipinski definition) is 3. The molecule has 0 saturated carbocycles. The van der Waals surface area contributed by atoms with Crippen LogP contribution < -0.4 is 4.90 Å². The average molecular weight is 258 g/mol. The lowest BCUT2D eigenvalue weighted by Crippen LogP contribution is -2.20. The van der Waals surface area contributed by atoms with Gasteiger partial charge in [0, 0.05) is 36.5 Å². The number of rotatable bonds is 7. The Kier molecular flexibility index (Phi) is 6.34. The summed E-state index contributed by atoms with van der Waals surface area (Å²) < 4.78 is 0. The van der Waals surface area contributed by atoms with E-state index in [1.165, 1.54) is 0 Å². The van der Waals surface area contributed by atoms with Crippen molar-refractivity contribution in [2.24, 2.45) is 0 Å². The molecule has 0 fully saturated rings. The Hall–Kier alpha value is -0.770. The van der Waals surface area contributed by atoms with Crippen molar-refractivity contribution in [3.8, 4) is 0 Å². The molecule has 4 heteroatoms. The molecule has 0 aliphatic carbocycles. The molecule has 0 radical (unpaired) electrons. The van der Waals surface area contributed by atoms with Gasteiger partial charge < -0.3 is 15.1 Å². The highest BCUT2D eigenvalue weighted by Crippen LogP contribution is 2.23. The largest absolute Gasteiger partial charge is 0.396 e. The second-order valence-corrected chi connectivity index (χ2v) is 4.57. The third-order valence-electron chi connectivity index (χ3n) is 2.77. The molecule has 0 heterocycles. The minimum absolute atomic E-state index is 0.00310. The molecule has 0 saturated heterocycles. The van der Waals surface area contributed by atoms with Gasteiger partial charge in [0.25, 0.3) is 0 Å². The zero-order chi connectivity index (χ0) is 12.7. The Bertz CT molecular complexity index is 344. The summed E-state index contributed by atoms with van der Waals surface area (Å²) in [6, 6.07) is 5.56. The minimum atomic E-state index is -0.00310. The van der Waals surface area contributed by atoms with E-state index in [9.17, 15) is 5.11 Å². The molecule has 17 heavy (non-hydrogen) atoms. The summed E-state index contributed by atoms with van der Waals surface area (Å²) in [5.41, 5.74) is 1.86. The molecule has 1 aromatic carbocycles. The highest BCUT2D eigenvalue weighted by Gasteiger charge is 2.07. The first-order chi connectivity index (χ1) is 8.19. The zero-order valence-corrected chi connectivity index (χ0v) is 11.0. The zero-order valence-electron chi connectivity index (χ0n) is 10.2.